The summed E-state index contributed by atoms with van der Waals surface area (Å²) in [5.74, 6) is -0.335. The van der Waals surface area contributed by atoms with Crippen LogP contribution >= 0.6 is 0 Å². The molecule has 1 amide bonds. The molecule has 0 aliphatic heterocycles. The Kier molecular flexibility index (Phi) is 9.17. The first-order valence-electron chi connectivity index (χ1n) is 12.7. The molecule has 2 aromatic carbocycles. The average Bonchev–Trinajstić information content (AvgIpc) is 3.22. The maximum atomic E-state index is 14.0. The minimum Gasteiger partial charge on any atom is -0.394 e. The number of rotatable bonds is 9. The molecule has 0 saturated heterocycles. The number of sulfone groups is 1. The number of hydrogen-bond donors (Lipinski definition) is 3. The van der Waals surface area contributed by atoms with E-state index in [1.165, 1.54) is 49.4 Å². The predicted molar refractivity (Wildman–Crippen MR) is 144 cm³/mol. The minimum atomic E-state index is -4.70. The maximum absolute atomic E-state index is 14.0. The van der Waals surface area contributed by atoms with Crippen molar-refractivity contribution in [1.29, 1.82) is 0 Å². The second-order valence-corrected chi connectivity index (χ2v) is 12.8. The number of halogens is 3. The van der Waals surface area contributed by atoms with Gasteiger partial charge in [-0.1, -0.05) is 58.0 Å². The van der Waals surface area contributed by atoms with Gasteiger partial charge in [0, 0.05) is 17.7 Å². The van der Waals surface area contributed by atoms with E-state index in [4.69, 9.17) is 0 Å². The van der Waals surface area contributed by atoms with Crippen LogP contribution in [0.3, 0.4) is 0 Å². The molecule has 3 N–H and O–H groups in total. The van der Waals surface area contributed by atoms with Gasteiger partial charge in [0.05, 0.1) is 35.5 Å². The van der Waals surface area contributed by atoms with E-state index in [1.807, 2.05) is 20.8 Å². The number of aliphatic hydroxyl groups is 2. The number of imidazole rings is 1. The van der Waals surface area contributed by atoms with Gasteiger partial charge in [-0.05, 0) is 35.7 Å². The number of nitrogens with zero attached hydrogens (tertiary/aromatic N) is 2. The van der Waals surface area contributed by atoms with Gasteiger partial charge in [0.2, 0.25) is 0 Å². The zero-order chi connectivity index (χ0) is 30.0. The number of aliphatic hydroxyl groups excluding tert-OH is 2. The lowest BCUT2D eigenvalue weighted by Gasteiger charge is -2.23. The van der Waals surface area contributed by atoms with Gasteiger partial charge in [0.1, 0.15) is 11.5 Å². The lowest BCUT2D eigenvalue weighted by Crippen LogP contribution is -2.31. The van der Waals surface area contributed by atoms with E-state index in [1.54, 1.807) is 11.5 Å². The first-order chi connectivity index (χ1) is 18.5. The molecule has 0 fully saturated rings. The molecule has 1 aromatic heterocycles. The summed E-state index contributed by atoms with van der Waals surface area (Å²) >= 11 is 0. The number of amides is 1. The zero-order valence-electron chi connectivity index (χ0n) is 23.0. The highest BCUT2D eigenvalue weighted by molar-refractivity contribution is 7.91. The molecular weight excluding hydrogens is 547 g/mol. The highest BCUT2D eigenvalue weighted by Crippen LogP contribution is 2.36. The molecule has 0 saturated carbocycles. The number of benzene rings is 2. The second kappa shape index (κ2) is 11.7. The van der Waals surface area contributed by atoms with Crippen LogP contribution < -0.4 is 5.32 Å². The Labute approximate surface area is 231 Å². The molecule has 0 aliphatic rings. The van der Waals surface area contributed by atoms with Crippen molar-refractivity contribution in [2.24, 2.45) is 0 Å². The van der Waals surface area contributed by atoms with Gasteiger partial charge >= 0.3 is 6.18 Å². The number of carbonyl (C=O) groups is 1. The second-order valence-electron chi connectivity index (χ2n) is 10.5. The van der Waals surface area contributed by atoms with E-state index in [2.05, 4.69) is 10.3 Å². The number of aromatic nitrogens is 2. The standard InChI is InChI=1S/C28H34F3N3O5S/c1-6-40(38,39)21-12-10-18(11-13-21)22(16-36)32-25(37)24-17(2)34(26(33-24)27(3,4)5)14-19-8-7-9-20(15-35)23(19)28(29,30)31/h7-13,22,35-36H,6,14-16H2,1-5H3,(H,32,37)/t22-/m0/s1. The van der Waals surface area contributed by atoms with Crippen molar-refractivity contribution in [3.8, 4) is 0 Å². The molecule has 0 bridgehead atoms. The topological polar surface area (TPSA) is 122 Å². The highest BCUT2D eigenvalue weighted by atomic mass is 32.2. The van der Waals surface area contributed by atoms with Gasteiger partial charge < -0.3 is 20.1 Å². The third kappa shape index (κ3) is 6.56. The number of nitrogens with one attached hydrogen (secondary N) is 1. The fourth-order valence-corrected chi connectivity index (χ4v) is 5.39. The summed E-state index contributed by atoms with van der Waals surface area (Å²) in [5.41, 5.74) is -1.12. The van der Waals surface area contributed by atoms with Crippen LogP contribution in [0.4, 0.5) is 13.2 Å². The molecule has 3 aromatic rings. The van der Waals surface area contributed by atoms with Crippen LogP contribution in [-0.2, 0) is 34.6 Å². The molecule has 40 heavy (non-hydrogen) atoms. The van der Waals surface area contributed by atoms with E-state index >= 15 is 0 Å². The third-order valence-corrected chi connectivity index (χ3v) is 8.39. The Morgan fingerprint density at radius 1 is 1.05 bits per heavy atom. The Hall–Kier alpha value is -3.22. The molecule has 1 heterocycles. The highest BCUT2D eigenvalue weighted by Gasteiger charge is 2.37. The van der Waals surface area contributed by atoms with Crippen LogP contribution in [0.15, 0.2) is 47.4 Å². The van der Waals surface area contributed by atoms with Crippen LogP contribution in [0.1, 0.15) is 78.0 Å². The maximum Gasteiger partial charge on any atom is 0.417 e. The van der Waals surface area contributed by atoms with E-state index < -0.39 is 52.2 Å². The third-order valence-electron chi connectivity index (χ3n) is 6.64. The van der Waals surface area contributed by atoms with Crippen LogP contribution in [0.5, 0.6) is 0 Å². The summed E-state index contributed by atoms with van der Waals surface area (Å²) in [4.78, 5) is 18.0. The molecule has 8 nitrogen and oxygen atoms in total. The van der Waals surface area contributed by atoms with E-state index in [0.717, 1.165) is 0 Å². The molecule has 1 atom stereocenters. The van der Waals surface area contributed by atoms with E-state index in [-0.39, 0.29) is 34.0 Å². The van der Waals surface area contributed by atoms with E-state index in [9.17, 15) is 36.6 Å². The molecule has 0 unspecified atom stereocenters. The summed E-state index contributed by atoms with van der Waals surface area (Å²) in [7, 11) is -3.42. The molecule has 0 spiro atoms. The Balaban J connectivity index is 2.01. The van der Waals surface area contributed by atoms with Crippen molar-refractivity contribution >= 4 is 15.7 Å². The van der Waals surface area contributed by atoms with Crippen LogP contribution in [-0.4, -0.2) is 46.4 Å². The predicted octanol–water partition coefficient (Wildman–Crippen LogP) is 4.31. The van der Waals surface area contributed by atoms with Gasteiger partial charge in [-0.25, -0.2) is 13.4 Å². The smallest absolute Gasteiger partial charge is 0.394 e. The van der Waals surface area contributed by atoms with Gasteiger partial charge in [-0.2, -0.15) is 13.2 Å². The molecular formula is C28H34F3N3O5S. The summed E-state index contributed by atoms with van der Waals surface area (Å²) in [6, 6.07) is 8.92. The lowest BCUT2D eigenvalue weighted by molar-refractivity contribution is -0.139. The van der Waals surface area contributed by atoms with Crippen LogP contribution in [0.25, 0.3) is 0 Å². The first kappa shape index (κ1) is 31.3. The largest absolute Gasteiger partial charge is 0.417 e. The van der Waals surface area contributed by atoms with Gasteiger partial charge in [0.25, 0.3) is 5.91 Å². The van der Waals surface area contributed by atoms with Crippen molar-refractivity contribution in [3.05, 3.63) is 81.9 Å². The minimum absolute atomic E-state index is 0.0135. The fourth-order valence-electron chi connectivity index (χ4n) is 4.50. The van der Waals surface area contributed by atoms with Crippen molar-refractivity contribution in [3.63, 3.8) is 0 Å². The molecule has 12 heteroatoms. The van der Waals surface area contributed by atoms with Crippen molar-refractivity contribution in [2.45, 2.75) is 70.3 Å². The van der Waals surface area contributed by atoms with Crippen molar-refractivity contribution < 1.29 is 36.6 Å². The van der Waals surface area contributed by atoms with Gasteiger partial charge in [-0.3, -0.25) is 4.79 Å². The van der Waals surface area contributed by atoms with Crippen LogP contribution in [0.2, 0.25) is 0 Å². The fraction of sp³-hybridized carbons (Fsp3) is 0.429. The van der Waals surface area contributed by atoms with Crippen molar-refractivity contribution in [1.82, 2.24) is 14.9 Å². The summed E-state index contributed by atoms with van der Waals surface area (Å²) < 4.78 is 67.7. The number of carbonyl (C=O) groups excluding carboxylic acids is 1. The van der Waals surface area contributed by atoms with Crippen LogP contribution in [0, 0.1) is 6.92 Å². The Morgan fingerprint density at radius 3 is 2.15 bits per heavy atom. The number of alkyl halides is 3. The SMILES string of the molecule is CCS(=O)(=O)c1ccc([C@H](CO)NC(=O)c2nc(C(C)(C)C)n(Cc3cccc(CO)c3C(F)(F)F)c2C)cc1. The lowest BCUT2D eigenvalue weighted by atomic mass is 9.95. The summed E-state index contributed by atoms with van der Waals surface area (Å²) in [6.07, 6.45) is -4.70. The normalized spacial score (nSPS) is 13.3. The summed E-state index contributed by atoms with van der Waals surface area (Å²) in [6.45, 7) is 7.08. The first-order valence-corrected chi connectivity index (χ1v) is 14.3. The van der Waals surface area contributed by atoms with Crippen molar-refractivity contribution in [2.75, 3.05) is 12.4 Å². The molecule has 0 radical (unpaired) electrons. The number of hydrogen-bond acceptors (Lipinski definition) is 6. The Bertz CT molecular complexity index is 1470. The average molecular weight is 582 g/mol. The molecule has 0 aliphatic carbocycles. The van der Waals surface area contributed by atoms with Gasteiger partial charge in [-0.15, -0.1) is 0 Å². The van der Waals surface area contributed by atoms with E-state index in [0.29, 0.717) is 17.1 Å². The Morgan fingerprint density at radius 2 is 1.65 bits per heavy atom. The summed E-state index contributed by atoms with van der Waals surface area (Å²) in [5, 5.41) is 22.2. The monoisotopic (exact) mass is 581 g/mol. The zero-order valence-corrected chi connectivity index (χ0v) is 23.8. The van der Waals surface area contributed by atoms with Gasteiger partial charge in [0.15, 0.2) is 9.84 Å². The molecule has 218 valence electrons. The quantitative estimate of drug-likeness (QED) is 0.346. The molecule has 3 rings (SSSR count).